The summed E-state index contributed by atoms with van der Waals surface area (Å²) >= 11 is 0. The fourth-order valence-corrected chi connectivity index (χ4v) is 0.761. The second-order valence-corrected chi connectivity index (χ2v) is 2.11. The maximum absolute atomic E-state index is 12.8. The lowest BCUT2D eigenvalue weighted by molar-refractivity contribution is -0.0163. The van der Waals surface area contributed by atoms with Gasteiger partial charge in [0.05, 0.1) is 0 Å². The molecule has 0 saturated heterocycles. The number of hydrogen-bond donors (Lipinski definition) is 1. The van der Waals surface area contributed by atoms with Crippen molar-refractivity contribution in [3.8, 4) is 0 Å². The summed E-state index contributed by atoms with van der Waals surface area (Å²) in [7, 11) is 0. The number of ether oxygens (including phenoxy) is 1. The maximum atomic E-state index is 12.8. The van der Waals surface area contributed by atoms with Crippen LogP contribution in [0.15, 0.2) is 30.3 Å². The average Bonchev–Trinajstić information content (AvgIpc) is 2.05. The Hall–Kier alpha value is -1.58. The van der Waals surface area contributed by atoms with Crippen LogP contribution in [0.3, 0.4) is 0 Å². The SMILES string of the molecule is O=C(O)OC(F)c1ccccc1. The van der Waals surface area contributed by atoms with Crippen molar-refractivity contribution < 1.29 is 19.0 Å². The van der Waals surface area contributed by atoms with Crippen LogP contribution in [-0.4, -0.2) is 11.3 Å². The highest BCUT2D eigenvalue weighted by molar-refractivity contribution is 5.57. The first-order chi connectivity index (χ1) is 5.70. The van der Waals surface area contributed by atoms with Crippen molar-refractivity contribution in [1.29, 1.82) is 0 Å². The second-order valence-electron chi connectivity index (χ2n) is 2.11. The van der Waals surface area contributed by atoms with Gasteiger partial charge in [0.25, 0.3) is 6.36 Å². The van der Waals surface area contributed by atoms with Crippen molar-refractivity contribution >= 4 is 6.16 Å². The number of alkyl halides is 1. The topological polar surface area (TPSA) is 46.5 Å². The summed E-state index contributed by atoms with van der Waals surface area (Å²) in [4.78, 5) is 9.92. The molecule has 4 heteroatoms. The van der Waals surface area contributed by atoms with Crippen LogP contribution in [0.1, 0.15) is 11.9 Å². The van der Waals surface area contributed by atoms with Gasteiger partial charge in [0.2, 0.25) is 0 Å². The molecular formula is C8H7FO3. The molecule has 1 aromatic rings. The molecule has 0 spiro atoms. The van der Waals surface area contributed by atoms with Gasteiger partial charge in [0.1, 0.15) is 0 Å². The van der Waals surface area contributed by atoms with Crippen molar-refractivity contribution in [2.24, 2.45) is 0 Å². The molecule has 0 aliphatic heterocycles. The van der Waals surface area contributed by atoms with Gasteiger partial charge in [-0.15, -0.1) is 0 Å². The monoisotopic (exact) mass is 170 g/mol. The summed E-state index contributed by atoms with van der Waals surface area (Å²) in [5.41, 5.74) is 0.194. The van der Waals surface area contributed by atoms with Crippen LogP contribution < -0.4 is 0 Å². The highest BCUT2D eigenvalue weighted by atomic mass is 19.1. The predicted molar refractivity (Wildman–Crippen MR) is 39.4 cm³/mol. The maximum Gasteiger partial charge on any atom is 0.508 e. The minimum absolute atomic E-state index is 0.194. The Morgan fingerprint density at radius 3 is 2.50 bits per heavy atom. The molecular weight excluding hydrogens is 163 g/mol. The molecule has 1 atom stereocenters. The quantitative estimate of drug-likeness (QED) is 0.693. The Morgan fingerprint density at radius 2 is 2.00 bits per heavy atom. The van der Waals surface area contributed by atoms with Crippen LogP contribution in [0.5, 0.6) is 0 Å². The Bertz CT molecular complexity index is 260. The highest BCUT2D eigenvalue weighted by Gasteiger charge is 2.12. The van der Waals surface area contributed by atoms with Crippen molar-refractivity contribution in [1.82, 2.24) is 0 Å². The summed E-state index contributed by atoms with van der Waals surface area (Å²) in [5.74, 6) is 0. The van der Waals surface area contributed by atoms with Gasteiger partial charge in [-0.25, -0.2) is 4.79 Å². The fraction of sp³-hybridized carbons (Fsp3) is 0.125. The lowest BCUT2D eigenvalue weighted by atomic mass is 10.2. The van der Waals surface area contributed by atoms with Gasteiger partial charge in [0.15, 0.2) is 0 Å². The number of hydrogen-bond acceptors (Lipinski definition) is 2. The summed E-state index contributed by atoms with van der Waals surface area (Å²) in [5, 5.41) is 8.08. The molecule has 0 aliphatic rings. The van der Waals surface area contributed by atoms with Crippen LogP contribution in [0.4, 0.5) is 9.18 Å². The van der Waals surface area contributed by atoms with E-state index in [1.54, 1.807) is 18.2 Å². The van der Waals surface area contributed by atoms with E-state index in [4.69, 9.17) is 5.11 Å². The zero-order valence-corrected chi connectivity index (χ0v) is 6.11. The highest BCUT2D eigenvalue weighted by Crippen LogP contribution is 2.17. The lowest BCUT2D eigenvalue weighted by Crippen LogP contribution is -2.04. The van der Waals surface area contributed by atoms with Gasteiger partial charge in [-0.05, 0) is 0 Å². The van der Waals surface area contributed by atoms with E-state index in [9.17, 15) is 9.18 Å². The molecule has 3 nitrogen and oxygen atoms in total. The Kier molecular flexibility index (Phi) is 2.63. The third kappa shape index (κ3) is 2.23. The van der Waals surface area contributed by atoms with Crippen LogP contribution in [0.25, 0.3) is 0 Å². The van der Waals surface area contributed by atoms with E-state index in [1.165, 1.54) is 12.1 Å². The number of carboxylic acid groups (broad SMARTS) is 1. The summed E-state index contributed by atoms with van der Waals surface area (Å²) in [6.07, 6.45) is -3.52. The van der Waals surface area contributed by atoms with Crippen molar-refractivity contribution in [2.45, 2.75) is 6.36 Å². The normalized spacial score (nSPS) is 12.1. The second kappa shape index (κ2) is 3.71. The van der Waals surface area contributed by atoms with Gasteiger partial charge in [-0.2, -0.15) is 4.39 Å². The molecule has 0 bridgehead atoms. The molecule has 1 N–H and O–H groups in total. The molecule has 1 aromatic carbocycles. The molecule has 1 rings (SSSR count). The van der Waals surface area contributed by atoms with E-state index < -0.39 is 12.5 Å². The first-order valence-electron chi connectivity index (χ1n) is 3.29. The smallest absolute Gasteiger partial charge is 0.450 e. The van der Waals surface area contributed by atoms with Crippen LogP contribution in [-0.2, 0) is 4.74 Å². The van der Waals surface area contributed by atoms with Crippen LogP contribution in [0.2, 0.25) is 0 Å². The van der Waals surface area contributed by atoms with Crippen molar-refractivity contribution in [3.05, 3.63) is 35.9 Å². The summed E-state index contributed by atoms with van der Waals surface area (Å²) in [6.45, 7) is 0. The molecule has 0 radical (unpaired) electrons. The largest absolute Gasteiger partial charge is 0.508 e. The Morgan fingerprint density at radius 1 is 1.42 bits per heavy atom. The molecule has 64 valence electrons. The third-order valence-corrected chi connectivity index (χ3v) is 1.27. The van der Waals surface area contributed by atoms with Crippen LogP contribution in [0, 0.1) is 0 Å². The van der Waals surface area contributed by atoms with E-state index in [-0.39, 0.29) is 5.56 Å². The van der Waals surface area contributed by atoms with Gasteiger partial charge >= 0.3 is 6.16 Å². The molecule has 0 saturated carbocycles. The van der Waals surface area contributed by atoms with Gasteiger partial charge in [-0.1, -0.05) is 30.3 Å². The molecule has 1 unspecified atom stereocenters. The zero-order valence-electron chi connectivity index (χ0n) is 6.11. The van der Waals surface area contributed by atoms with E-state index in [0.29, 0.717) is 0 Å². The molecule has 12 heavy (non-hydrogen) atoms. The Labute approximate surface area is 68.4 Å². The van der Waals surface area contributed by atoms with E-state index in [2.05, 4.69) is 4.74 Å². The average molecular weight is 170 g/mol. The van der Waals surface area contributed by atoms with Gasteiger partial charge in [-0.3, -0.25) is 0 Å². The molecule has 0 aromatic heterocycles. The van der Waals surface area contributed by atoms with Crippen molar-refractivity contribution in [2.75, 3.05) is 0 Å². The molecule has 0 fully saturated rings. The van der Waals surface area contributed by atoms with E-state index >= 15 is 0 Å². The van der Waals surface area contributed by atoms with E-state index in [0.717, 1.165) is 0 Å². The minimum Gasteiger partial charge on any atom is -0.450 e. The fourth-order valence-electron chi connectivity index (χ4n) is 0.761. The number of halogens is 1. The first kappa shape index (κ1) is 8.52. The predicted octanol–water partition coefficient (Wildman–Crippen LogP) is 2.35. The molecule has 0 heterocycles. The summed E-state index contributed by atoms with van der Waals surface area (Å²) in [6, 6.07) is 7.82. The first-order valence-corrected chi connectivity index (χ1v) is 3.29. The van der Waals surface area contributed by atoms with E-state index in [1.807, 2.05) is 0 Å². The molecule has 0 aliphatic carbocycles. The van der Waals surface area contributed by atoms with Gasteiger partial charge in [0, 0.05) is 5.56 Å². The number of rotatable bonds is 2. The number of benzene rings is 1. The van der Waals surface area contributed by atoms with Crippen LogP contribution >= 0.6 is 0 Å². The minimum atomic E-state index is -1.90. The van der Waals surface area contributed by atoms with Gasteiger partial charge < -0.3 is 9.84 Å². The zero-order chi connectivity index (χ0) is 8.97. The standard InChI is InChI=1S/C8H7FO3/c9-7(12-8(10)11)6-4-2-1-3-5-6/h1-5,7H,(H,10,11). The number of carbonyl (C=O) groups is 1. The third-order valence-electron chi connectivity index (χ3n) is 1.27. The summed E-state index contributed by atoms with van der Waals surface area (Å²) < 4.78 is 16.7. The Balaban J connectivity index is 2.65. The molecule has 0 amide bonds. The lowest BCUT2D eigenvalue weighted by Gasteiger charge is -2.05. The van der Waals surface area contributed by atoms with Crippen molar-refractivity contribution in [3.63, 3.8) is 0 Å².